The molecule has 0 radical (unpaired) electrons. The summed E-state index contributed by atoms with van der Waals surface area (Å²) in [6.45, 7) is 6.45. The van der Waals surface area contributed by atoms with Crippen molar-refractivity contribution < 1.29 is 5.11 Å². The molecule has 0 bridgehead atoms. The van der Waals surface area contributed by atoms with Crippen molar-refractivity contribution in [3.63, 3.8) is 0 Å². The molecule has 0 heterocycles. The van der Waals surface area contributed by atoms with Gasteiger partial charge in [-0.05, 0) is 31.0 Å². The van der Waals surface area contributed by atoms with E-state index in [2.05, 4.69) is 50.1 Å². The van der Waals surface area contributed by atoms with Gasteiger partial charge in [0.2, 0.25) is 0 Å². The zero-order chi connectivity index (χ0) is 12.0. The lowest BCUT2D eigenvalue weighted by Crippen LogP contribution is -2.26. The molecular formula is C14H23NO. The van der Waals surface area contributed by atoms with Crippen LogP contribution in [0.25, 0.3) is 0 Å². The number of hydrogen-bond acceptors (Lipinski definition) is 2. The monoisotopic (exact) mass is 221 g/mol. The minimum Gasteiger partial charge on any atom is -0.396 e. The first-order valence-corrected chi connectivity index (χ1v) is 5.87. The van der Waals surface area contributed by atoms with Gasteiger partial charge in [0.15, 0.2) is 0 Å². The van der Waals surface area contributed by atoms with Crippen LogP contribution in [-0.2, 0) is 6.54 Å². The second-order valence-electron chi connectivity index (χ2n) is 5.30. The largest absolute Gasteiger partial charge is 0.396 e. The number of aliphatic hydroxyl groups excluding tert-OH is 1. The number of aliphatic hydroxyl groups is 1. The second kappa shape index (κ2) is 6.02. The molecule has 0 aliphatic heterocycles. The highest BCUT2D eigenvalue weighted by Crippen LogP contribution is 2.19. The van der Waals surface area contributed by atoms with E-state index >= 15 is 0 Å². The van der Waals surface area contributed by atoms with Crippen molar-refractivity contribution in [2.24, 2.45) is 5.41 Å². The molecule has 16 heavy (non-hydrogen) atoms. The highest BCUT2D eigenvalue weighted by molar-refractivity contribution is 5.14. The average Bonchev–Trinajstić information content (AvgIpc) is 2.28. The Morgan fingerprint density at radius 2 is 1.81 bits per heavy atom. The van der Waals surface area contributed by atoms with Crippen molar-refractivity contribution in [2.45, 2.75) is 26.8 Å². The molecule has 0 atom stereocenters. The van der Waals surface area contributed by atoms with Gasteiger partial charge in [-0.15, -0.1) is 0 Å². The summed E-state index contributed by atoms with van der Waals surface area (Å²) in [5.74, 6) is 0. The Hall–Kier alpha value is -0.860. The lowest BCUT2D eigenvalue weighted by Gasteiger charge is -2.25. The topological polar surface area (TPSA) is 23.5 Å². The van der Waals surface area contributed by atoms with Crippen molar-refractivity contribution in [2.75, 3.05) is 20.2 Å². The molecule has 0 spiro atoms. The fourth-order valence-electron chi connectivity index (χ4n) is 1.55. The van der Waals surface area contributed by atoms with Crippen LogP contribution in [0.3, 0.4) is 0 Å². The number of rotatable bonds is 6. The Kier molecular flexibility index (Phi) is 4.97. The van der Waals surface area contributed by atoms with Crippen LogP contribution in [-0.4, -0.2) is 30.2 Å². The second-order valence-corrected chi connectivity index (χ2v) is 5.30. The Labute approximate surface area is 98.9 Å². The van der Waals surface area contributed by atoms with Crippen molar-refractivity contribution in [1.29, 1.82) is 0 Å². The van der Waals surface area contributed by atoms with E-state index < -0.39 is 0 Å². The summed E-state index contributed by atoms with van der Waals surface area (Å²) in [4.78, 5) is 2.30. The first-order chi connectivity index (χ1) is 7.53. The minimum absolute atomic E-state index is 0.0327. The first-order valence-electron chi connectivity index (χ1n) is 5.87. The van der Waals surface area contributed by atoms with Crippen LogP contribution >= 0.6 is 0 Å². The summed E-state index contributed by atoms with van der Waals surface area (Å²) in [6, 6.07) is 10.5. The fourth-order valence-corrected chi connectivity index (χ4v) is 1.55. The lowest BCUT2D eigenvalue weighted by molar-refractivity contribution is 0.134. The van der Waals surface area contributed by atoms with Crippen molar-refractivity contribution in [3.8, 4) is 0 Å². The number of nitrogens with zero attached hydrogens (tertiary/aromatic N) is 1. The molecule has 1 rings (SSSR count). The van der Waals surface area contributed by atoms with E-state index in [1.54, 1.807) is 0 Å². The van der Waals surface area contributed by atoms with Crippen LogP contribution in [0.2, 0.25) is 0 Å². The smallest absolute Gasteiger partial charge is 0.0482 e. The van der Waals surface area contributed by atoms with Gasteiger partial charge in [0.1, 0.15) is 0 Å². The van der Waals surface area contributed by atoms with Crippen molar-refractivity contribution in [1.82, 2.24) is 4.90 Å². The van der Waals surface area contributed by atoms with E-state index in [1.165, 1.54) is 5.56 Å². The van der Waals surface area contributed by atoms with Crippen LogP contribution in [0, 0.1) is 5.41 Å². The standard InChI is InChI=1S/C14H23NO/c1-14(2,12-16)9-10-15(3)11-13-7-5-4-6-8-13/h4-8,16H,9-12H2,1-3H3. The molecule has 0 saturated heterocycles. The Bertz CT molecular complexity index is 295. The van der Waals surface area contributed by atoms with Crippen LogP contribution in [0.1, 0.15) is 25.8 Å². The fraction of sp³-hybridized carbons (Fsp3) is 0.571. The van der Waals surface area contributed by atoms with Gasteiger partial charge < -0.3 is 10.0 Å². The zero-order valence-corrected chi connectivity index (χ0v) is 10.6. The Morgan fingerprint density at radius 3 is 2.38 bits per heavy atom. The summed E-state index contributed by atoms with van der Waals surface area (Å²) in [7, 11) is 2.13. The lowest BCUT2D eigenvalue weighted by atomic mass is 9.90. The molecule has 0 aliphatic rings. The molecular weight excluding hydrogens is 198 g/mol. The van der Waals surface area contributed by atoms with Crippen LogP contribution in [0.4, 0.5) is 0 Å². The molecule has 1 N–H and O–H groups in total. The molecule has 2 nitrogen and oxygen atoms in total. The summed E-state index contributed by atoms with van der Waals surface area (Å²) in [5, 5.41) is 9.18. The molecule has 0 aromatic heterocycles. The molecule has 90 valence electrons. The SMILES string of the molecule is CN(CCC(C)(C)CO)Cc1ccccc1. The first kappa shape index (κ1) is 13.2. The molecule has 1 aromatic rings. The van der Waals surface area contributed by atoms with Crippen LogP contribution < -0.4 is 0 Å². The summed E-state index contributed by atoms with van der Waals surface area (Å²) in [5.41, 5.74) is 1.37. The maximum absolute atomic E-state index is 9.18. The van der Waals surface area contributed by atoms with Gasteiger partial charge in [0.05, 0.1) is 0 Å². The molecule has 0 aliphatic carbocycles. The summed E-state index contributed by atoms with van der Waals surface area (Å²) in [6.07, 6.45) is 1.02. The highest BCUT2D eigenvalue weighted by Gasteiger charge is 2.16. The van der Waals surface area contributed by atoms with Gasteiger partial charge in [-0.3, -0.25) is 0 Å². The van der Waals surface area contributed by atoms with Crippen LogP contribution in [0.15, 0.2) is 30.3 Å². The number of hydrogen-bond donors (Lipinski definition) is 1. The van der Waals surface area contributed by atoms with E-state index in [4.69, 9.17) is 0 Å². The molecule has 2 heteroatoms. The zero-order valence-electron chi connectivity index (χ0n) is 10.6. The maximum atomic E-state index is 9.18. The summed E-state index contributed by atoms with van der Waals surface area (Å²) < 4.78 is 0. The van der Waals surface area contributed by atoms with Gasteiger partial charge in [-0.1, -0.05) is 44.2 Å². The van der Waals surface area contributed by atoms with Gasteiger partial charge in [-0.25, -0.2) is 0 Å². The third-order valence-electron chi connectivity index (χ3n) is 2.89. The van der Waals surface area contributed by atoms with Gasteiger partial charge in [-0.2, -0.15) is 0 Å². The highest BCUT2D eigenvalue weighted by atomic mass is 16.3. The van der Waals surface area contributed by atoms with Gasteiger partial charge in [0.25, 0.3) is 0 Å². The quantitative estimate of drug-likeness (QED) is 0.798. The maximum Gasteiger partial charge on any atom is 0.0482 e. The Balaban J connectivity index is 2.34. The van der Waals surface area contributed by atoms with Gasteiger partial charge in [0, 0.05) is 13.2 Å². The average molecular weight is 221 g/mol. The summed E-state index contributed by atoms with van der Waals surface area (Å²) >= 11 is 0. The predicted octanol–water partition coefficient (Wildman–Crippen LogP) is 2.53. The number of benzene rings is 1. The van der Waals surface area contributed by atoms with Crippen molar-refractivity contribution in [3.05, 3.63) is 35.9 Å². The third-order valence-corrected chi connectivity index (χ3v) is 2.89. The molecule has 0 unspecified atom stereocenters. The normalized spacial score (nSPS) is 12.1. The predicted molar refractivity (Wildman–Crippen MR) is 68.3 cm³/mol. The molecule has 1 aromatic carbocycles. The van der Waals surface area contributed by atoms with E-state index in [1.807, 2.05) is 6.07 Å². The van der Waals surface area contributed by atoms with Crippen LogP contribution in [0.5, 0.6) is 0 Å². The van der Waals surface area contributed by atoms with Gasteiger partial charge >= 0.3 is 0 Å². The van der Waals surface area contributed by atoms with E-state index in [0.29, 0.717) is 0 Å². The molecule has 0 amide bonds. The van der Waals surface area contributed by atoms with E-state index in [9.17, 15) is 5.11 Å². The van der Waals surface area contributed by atoms with E-state index in [-0.39, 0.29) is 12.0 Å². The van der Waals surface area contributed by atoms with Crippen molar-refractivity contribution >= 4 is 0 Å². The van der Waals surface area contributed by atoms with E-state index in [0.717, 1.165) is 19.5 Å². The molecule has 0 fully saturated rings. The molecule has 0 saturated carbocycles. The minimum atomic E-state index is 0.0327. The Morgan fingerprint density at radius 1 is 1.19 bits per heavy atom. The third kappa shape index (κ3) is 4.77.